The highest BCUT2D eigenvalue weighted by Gasteiger charge is 2.29. The van der Waals surface area contributed by atoms with Gasteiger partial charge in [-0.1, -0.05) is 0 Å². The third-order valence-corrected chi connectivity index (χ3v) is 4.93. The lowest BCUT2D eigenvalue weighted by Crippen LogP contribution is -2.30. The molecule has 0 radical (unpaired) electrons. The molecule has 0 aromatic carbocycles. The summed E-state index contributed by atoms with van der Waals surface area (Å²) >= 11 is 1.32. The van der Waals surface area contributed by atoms with Crippen molar-refractivity contribution in [2.24, 2.45) is 0 Å². The van der Waals surface area contributed by atoms with Crippen LogP contribution < -0.4 is 0 Å². The molecule has 1 aliphatic carbocycles. The predicted octanol–water partition coefficient (Wildman–Crippen LogP) is 2.96. The Bertz CT molecular complexity index is 885. The van der Waals surface area contributed by atoms with Crippen LogP contribution in [0.5, 0.6) is 0 Å². The lowest BCUT2D eigenvalue weighted by molar-refractivity contribution is -0.133. The first-order valence-electron chi connectivity index (χ1n) is 8.46. The molecule has 0 aliphatic heterocycles. The molecular weight excluding hydrogens is 366 g/mol. The number of nitriles is 1. The Balaban J connectivity index is 1.69. The number of hydrogen-bond donors (Lipinski definition) is 0. The van der Waals surface area contributed by atoms with Crippen LogP contribution in [0.4, 0.5) is 0 Å². The van der Waals surface area contributed by atoms with Gasteiger partial charge in [0, 0.05) is 18.7 Å². The number of nitrogens with zero attached hydrogens (tertiary/aromatic N) is 3. The second kappa shape index (κ2) is 8.27. The van der Waals surface area contributed by atoms with Gasteiger partial charge in [0.15, 0.2) is 6.61 Å². The Labute approximate surface area is 161 Å². The number of carbonyl (C=O) groups is 2. The van der Waals surface area contributed by atoms with Crippen molar-refractivity contribution in [2.45, 2.75) is 30.3 Å². The molecule has 2 heterocycles. The van der Waals surface area contributed by atoms with Gasteiger partial charge in [0.2, 0.25) is 0 Å². The molecular formula is C19H19N3O4S. The van der Waals surface area contributed by atoms with Crippen LogP contribution in [0.3, 0.4) is 0 Å². The second-order valence-corrected chi connectivity index (χ2v) is 7.07. The van der Waals surface area contributed by atoms with Gasteiger partial charge >= 0.3 is 5.97 Å². The number of pyridine rings is 1. The molecule has 8 heteroatoms. The summed E-state index contributed by atoms with van der Waals surface area (Å²) in [6, 6.07) is 7.15. The summed E-state index contributed by atoms with van der Waals surface area (Å²) in [6.45, 7) is -0.124. The smallest absolute Gasteiger partial charge is 0.340 e. The molecule has 0 N–H and O–H groups in total. The SMILES string of the molecule is CSc1nc(C2CC2)cc(C(=O)OCC(=O)N(C)Cc2ccco2)c1C#N. The maximum absolute atomic E-state index is 12.5. The molecule has 27 heavy (non-hydrogen) atoms. The average molecular weight is 385 g/mol. The van der Waals surface area contributed by atoms with E-state index in [1.165, 1.54) is 22.9 Å². The zero-order chi connectivity index (χ0) is 19.4. The van der Waals surface area contributed by atoms with Crippen molar-refractivity contribution in [3.05, 3.63) is 47.0 Å². The number of rotatable bonds is 7. The maximum atomic E-state index is 12.5. The highest BCUT2D eigenvalue weighted by molar-refractivity contribution is 7.98. The van der Waals surface area contributed by atoms with E-state index >= 15 is 0 Å². The van der Waals surface area contributed by atoms with Gasteiger partial charge in [-0.05, 0) is 37.3 Å². The fraction of sp³-hybridized carbons (Fsp3) is 0.368. The molecule has 140 valence electrons. The monoisotopic (exact) mass is 385 g/mol. The van der Waals surface area contributed by atoms with Crippen LogP contribution in [0.1, 0.15) is 46.1 Å². The summed E-state index contributed by atoms with van der Waals surface area (Å²) in [7, 11) is 1.60. The van der Waals surface area contributed by atoms with Crippen LogP contribution in [-0.4, -0.2) is 41.7 Å². The molecule has 0 saturated heterocycles. The van der Waals surface area contributed by atoms with Crippen LogP contribution in [0.25, 0.3) is 0 Å². The normalized spacial score (nSPS) is 13.1. The third-order valence-electron chi connectivity index (χ3n) is 4.25. The van der Waals surface area contributed by atoms with Gasteiger partial charge in [0.1, 0.15) is 16.9 Å². The summed E-state index contributed by atoms with van der Waals surface area (Å²) in [5.74, 6) is -0.0845. The first-order valence-corrected chi connectivity index (χ1v) is 9.68. The van der Waals surface area contributed by atoms with E-state index in [4.69, 9.17) is 9.15 Å². The van der Waals surface area contributed by atoms with E-state index in [1.807, 2.05) is 12.3 Å². The molecule has 1 amide bonds. The number of likely N-dealkylation sites (N-methyl/N-ethyl adjacent to an activating group) is 1. The quantitative estimate of drug-likeness (QED) is 0.534. The summed E-state index contributed by atoms with van der Waals surface area (Å²) in [6.07, 6.45) is 5.39. The van der Waals surface area contributed by atoms with Crippen LogP contribution in [0.15, 0.2) is 33.9 Å². The minimum Gasteiger partial charge on any atom is -0.467 e. The number of amides is 1. The van der Waals surface area contributed by atoms with Gasteiger partial charge < -0.3 is 14.1 Å². The van der Waals surface area contributed by atoms with Crippen molar-refractivity contribution in [2.75, 3.05) is 19.9 Å². The van der Waals surface area contributed by atoms with Gasteiger partial charge in [-0.25, -0.2) is 9.78 Å². The molecule has 1 aliphatic rings. The topological polar surface area (TPSA) is 96.4 Å². The highest BCUT2D eigenvalue weighted by atomic mass is 32.2. The zero-order valence-electron chi connectivity index (χ0n) is 15.1. The first-order chi connectivity index (χ1) is 13.0. The molecule has 0 atom stereocenters. The largest absolute Gasteiger partial charge is 0.467 e. The Morgan fingerprint density at radius 3 is 2.85 bits per heavy atom. The Kier molecular flexibility index (Phi) is 5.81. The van der Waals surface area contributed by atoms with Gasteiger partial charge in [-0.15, -0.1) is 11.8 Å². The minimum absolute atomic E-state index is 0.167. The third kappa shape index (κ3) is 4.49. The number of carbonyl (C=O) groups excluding carboxylic acids is 2. The van der Waals surface area contributed by atoms with Crippen LogP contribution >= 0.6 is 11.8 Å². The molecule has 1 saturated carbocycles. The predicted molar refractivity (Wildman–Crippen MR) is 98.2 cm³/mol. The molecule has 3 rings (SSSR count). The fourth-order valence-corrected chi connectivity index (χ4v) is 3.14. The van der Waals surface area contributed by atoms with Crippen molar-refractivity contribution < 1.29 is 18.7 Å². The van der Waals surface area contributed by atoms with E-state index in [1.54, 1.807) is 25.2 Å². The van der Waals surface area contributed by atoms with E-state index in [0.717, 1.165) is 18.5 Å². The molecule has 0 spiro atoms. The highest BCUT2D eigenvalue weighted by Crippen LogP contribution is 2.40. The summed E-state index contributed by atoms with van der Waals surface area (Å²) in [5, 5.41) is 9.95. The number of ether oxygens (including phenoxy) is 1. The van der Waals surface area contributed by atoms with Crippen molar-refractivity contribution >= 4 is 23.6 Å². The van der Waals surface area contributed by atoms with E-state index in [0.29, 0.717) is 16.7 Å². The molecule has 0 unspecified atom stereocenters. The van der Waals surface area contributed by atoms with E-state index in [9.17, 15) is 14.9 Å². The number of thioether (sulfide) groups is 1. The second-order valence-electron chi connectivity index (χ2n) is 6.27. The van der Waals surface area contributed by atoms with Gasteiger partial charge in [0.25, 0.3) is 5.91 Å². The first kappa shape index (κ1) is 19.0. The van der Waals surface area contributed by atoms with Crippen molar-refractivity contribution in [1.82, 2.24) is 9.88 Å². The minimum atomic E-state index is -0.689. The van der Waals surface area contributed by atoms with Gasteiger partial charge in [-0.3, -0.25) is 4.79 Å². The van der Waals surface area contributed by atoms with Crippen LogP contribution in [-0.2, 0) is 16.1 Å². The average Bonchev–Trinajstić information content (AvgIpc) is 3.41. The maximum Gasteiger partial charge on any atom is 0.340 e. The van der Waals surface area contributed by atoms with Crippen molar-refractivity contribution in [3.63, 3.8) is 0 Å². The van der Waals surface area contributed by atoms with Gasteiger partial charge in [0.05, 0.1) is 23.9 Å². The fourth-order valence-electron chi connectivity index (χ4n) is 2.59. The van der Waals surface area contributed by atoms with Gasteiger partial charge in [-0.2, -0.15) is 5.26 Å². The molecule has 0 bridgehead atoms. The summed E-state index contributed by atoms with van der Waals surface area (Å²) < 4.78 is 10.4. The Morgan fingerprint density at radius 1 is 1.48 bits per heavy atom. The van der Waals surface area contributed by atoms with E-state index in [-0.39, 0.29) is 23.6 Å². The van der Waals surface area contributed by atoms with Crippen molar-refractivity contribution in [1.29, 1.82) is 5.26 Å². The molecule has 2 aromatic heterocycles. The lowest BCUT2D eigenvalue weighted by Gasteiger charge is -2.16. The Hall–Kier alpha value is -2.79. The molecule has 7 nitrogen and oxygen atoms in total. The number of aromatic nitrogens is 1. The van der Waals surface area contributed by atoms with Crippen LogP contribution in [0.2, 0.25) is 0 Å². The standard InChI is InChI=1S/C19H19N3O4S/c1-22(10-13-4-3-7-25-13)17(23)11-26-19(24)14-8-16(12-5-6-12)21-18(27-2)15(14)9-20/h3-4,7-8,12H,5-6,10-11H2,1-2H3. The number of esters is 1. The summed E-state index contributed by atoms with van der Waals surface area (Å²) in [5.41, 5.74) is 1.15. The number of hydrogen-bond acceptors (Lipinski definition) is 7. The summed E-state index contributed by atoms with van der Waals surface area (Å²) in [4.78, 5) is 30.6. The van der Waals surface area contributed by atoms with Crippen LogP contribution in [0, 0.1) is 11.3 Å². The molecule has 2 aromatic rings. The van der Waals surface area contributed by atoms with Crippen molar-refractivity contribution in [3.8, 4) is 6.07 Å². The van der Waals surface area contributed by atoms with E-state index in [2.05, 4.69) is 4.98 Å². The lowest BCUT2D eigenvalue weighted by atomic mass is 10.1. The van der Waals surface area contributed by atoms with E-state index < -0.39 is 12.6 Å². The zero-order valence-corrected chi connectivity index (χ0v) is 15.9. The number of furan rings is 1. The Morgan fingerprint density at radius 2 is 2.26 bits per heavy atom. The molecule has 1 fully saturated rings.